The molecule has 1 aromatic carbocycles. The average molecular weight is 328 g/mol. The molecule has 0 aromatic heterocycles. The zero-order chi connectivity index (χ0) is 13.3. The molecule has 1 fully saturated rings. The summed E-state index contributed by atoms with van der Waals surface area (Å²) in [6.45, 7) is 2.04. The van der Waals surface area contributed by atoms with Crippen molar-refractivity contribution in [1.29, 1.82) is 5.26 Å². The lowest BCUT2D eigenvalue weighted by Gasteiger charge is -2.39. The highest BCUT2D eigenvalue weighted by Crippen LogP contribution is 2.45. The van der Waals surface area contributed by atoms with Gasteiger partial charge in [-0.25, -0.2) is 0 Å². The van der Waals surface area contributed by atoms with E-state index in [1.807, 2.05) is 6.92 Å². The van der Waals surface area contributed by atoms with Gasteiger partial charge in [-0.05, 0) is 52.9 Å². The zero-order valence-electron chi connectivity index (χ0n) is 9.84. The van der Waals surface area contributed by atoms with Gasteiger partial charge in [-0.3, -0.25) is 4.79 Å². The third kappa shape index (κ3) is 2.38. The van der Waals surface area contributed by atoms with Crippen molar-refractivity contribution in [3.63, 3.8) is 0 Å². The molecule has 1 N–H and O–H groups in total. The third-order valence-corrected chi connectivity index (χ3v) is 4.43. The highest BCUT2D eigenvalue weighted by atomic mass is 79.9. The fraction of sp³-hybridized carbons (Fsp3) is 0.385. The summed E-state index contributed by atoms with van der Waals surface area (Å²) >= 11 is 9.18. The molecule has 1 aliphatic rings. The quantitative estimate of drug-likeness (QED) is 0.893. The van der Waals surface area contributed by atoms with Crippen LogP contribution >= 0.6 is 27.5 Å². The minimum absolute atomic E-state index is 0.225. The number of hydrogen-bond donors (Lipinski definition) is 1. The number of amides is 1. The molecule has 0 bridgehead atoms. The Kier molecular flexibility index (Phi) is 3.65. The lowest BCUT2D eigenvalue weighted by molar-refractivity contribution is -0.128. The van der Waals surface area contributed by atoms with Crippen molar-refractivity contribution < 1.29 is 4.79 Å². The van der Waals surface area contributed by atoms with Gasteiger partial charge in [0.05, 0.1) is 11.1 Å². The van der Waals surface area contributed by atoms with Crippen LogP contribution < -0.4 is 5.32 Å². The van der Waals surface area contributed by atoms with Crippen molar-refractivity contribution in [1.82, 2.24) is 0 Å². The molecule has 0 radical (unpaired) electrons. The molecule has 5 heteroatoms. The molecule has 1 aliphatic carbocycles. The second kappa shape index (κ2) is 4.91. The summed E-state index contributed by atoms with van der Waals surface area (Å²) in [5.41, 5.74) is -0.212. The largest absolute Gasteiger partial charge is 0.325 e. The molecule has 0 unspecified atom stereocenters. The van der Waals surface area contributed by atoms with Crippen molar-refractivity contribution in [2.24, 2.45) is 11.3 Å². The van der Waals surface area contributed by atoms with Gasteiger partial charge >= 0.3 is 0 Å². The van der Waals surface area contributed by atoms with E-state index in [2.05, 4.69) is 27.3 Å². The Balaban J connectivity index is 2.12. The smallest absolute Gasteiger partial charge is 0.244 e. The Morgan fingerprint density at radius 1 is 1.61 bits per heavy atom. The normalized spacial score (nSPS) is 26.0. The van der Waals surface area contributed by atoms with E-state index in [-0.39, 0.29) is 5.91 Å². The topological polar surface area (TPSA) is 52.9 Å². The summed E-state index contributed by atoms with van der Waals surface area (Å²) in [7, 11) is 0. The van der Waals surface area contributed by atoms with E-state index in [0.717, 1.165) is 4.47 Å². The molecule has 0 spiro atoms. The summed E-state index contributed by atoms with van der Waals surface area (Å²) in [4.78, 5) is 12.1. The predicted molar refractivity (Wildman–Crippen MR) is 74.2 cm³/mol. The lowest BCUT2D eigenvalue weighted by atomic mass is 9.63. The molecular weight excluding hydrogens is 316 g/mol. The molecule has 94 valence electrons. The second-order valence-electron chi connectivity index (χ2n) is 4.79. The van der Waals surface area contributed by atoms with E-state index in [1.54, 1.807) is 18.2 Å². The monoisotopic (exact) mass is 326 g/mol. The SMILES string of the molecule is CC1CC(C#N)(C(=O)Nc2ccc(Cl)c(Br)c2)C1. The number of hydrogen-bond acceptors (Lipinski definition) is 2. The number of rotatable bonds is 2. The summed E-state index contributed by atoms with van der Waals surface area (Å²) in [6, 6.07) is 7.29. The summed E-state index contributed by atoms with van der Waals surface area (Å²) in [6.07, 6.45) is 1.26. The van der Waals surface area contributed by atoms with Gasteiger partial charge in [0, 0.05) is 10.2 Å². The molecule has 0 heterocycles. The van der Waals surface area contributed by atoms with Gasteiger partial charge in [-0.15, -0.1) is 0 Å². The Morgan fingerprint density at radius 3 is 2.78 bits per heavy atom. The first-order valence-corrected chi connectivity index (χ1v) is 6.82. The van der Waals surface area contributed by atoms with Gasteiger partial charge in [-0.2, -0.15) is 5.26 Å². The first kappa shape index (κ1) is 13.4. The van der Waals surface area contributed by atoms with Crippen LogP contribution in [0.15, 0.2) is 22.7 Å². The van der Waals surface area contributed by atoms with Crippen LogP contribution in [0.1, 0.15) is 19.8 Å². The van der Waals surface area contributed by atoms with Crippen LogP contribution in [0.5, 0.6) is 0 Å². The minimum Gasteiger partial charge on any atom is -0.325 e. The number of halogens is 2. The zero-order valence-corrected chi connectivity index (χ0v) is 12.2. The third-order valence-electron chi connectivity index (χ3n) is 3.22. The molecule has 1 amide bonds. The van der Waals surface area contributed by atoms with E-state index in [4.69, 9.17) is 16.9 Å². The molecule has 0 saturated heterocycles. The van der Waals surface area contributed by atoms with Crippen LogP contribution in [-0.2, 0) is 4.79 Å². The second-order valence-corrected chi connectivity index (χ2v) is 6.05. The van der Waals surface area contributed by atoms with Crippen molar-refractivity contribution in [3.05, 3.63) is 27.7 Å². The molecule has 2 rings (SSSR count). The van der Waals surface area contributed by atoms with Crippen LogP contribution in [0.3, 0.4) is 0 Å². The van der Waals surface area contributed by atoms with E-state index in [9.17, 15) is 4.79 Å². The highest BCUT2D eigenvalue weighted by Gasteiger charge is 2.48. The van der Waals surface area contributed by atoms with Crippen LogP contribution in [0.4, 0.5) is 5.69 Å². The maximum atomic E-state index is 12.1. The van der Waals surface area contributed by atoms with E-state index < -0.39 is 5.41 Å². The molecular formula is C13H12BrClN2O. The van der Waals surface area contributed by atoms with Gasteiger partial charge in [0.15, 0.2) is 0 Å². The van der Waals surface area contributed by atoms with E-state index >= 15 is 0 Å². The van der Waals surface area contributed by atoms with Crippen LogP contribution in [0.25, 0.3) is 0 Å². The van der Waals surface area contributed by atoms with Gasteiger partial charge in [0.1, 0.15) is 5.41 Å². The van der Waals surface area contributed by atoms with Crippen molar-refractivity contribution in [3.8, 4) is 6.07 Å². The van der Waals surface area contributed by atoms with Crippen molar-refractivity contribution in [2.45, 2.75) is 19.8 Å². The van der Waals surface area contributed by atoms with Crippen LogP contribution in [0.2, 0.25) is 5.02 Å². The van der Waals surface area contributed by atoms with Crippen LogP contribution in [0, 0.1) is 22.7 Å². The number of nitrogens with zero attached hydrogens (tertiary/aromatic N) is 1. The van der Waals surface area contributed by atoms with E-state index in [0.29, 0.717) is 29.5 Å². The molecule has 0 aliphatic heterocycles. The maximum Gasteiger partial charge on any atom is 0.244 e. The first-order chi connectivity index (χ1) is 8.47. The number of nitriles is 1. The Hall–Kier alpha value is -1.05. The maximum absolute atomic E-state index is 12.1. The van der Waals surface area contributed by atoms with E-state index in [1.165, 1.54) is 0 Å². The number of carbonyl (C=O) groups is 1. The van der Waals surface area contributed by atoms with Gasteiger partial charge in [0.2, 0.25) is 5.91 Å². The summed E-state index contributed by atoms with van der Waals surface area (Å²) in [5, 5.41) is 12.5. The molecule has 18 heavy (non-hydrogen) atoms. The van der Waals surface area contributed by atoms with Crippen molar-refractivity contribution in [2.75, 3.05) is 5.32 Å². The predicted octanol–water partition coefficient (Wildman–Crippen LogP) is 3.98. The molecule has 1 saturated carbocycles. The van der Waals surface area contributed by atoms with Gasteiger partial charge in [0.25, 0.3) is 0 Å². The Morgan fingerprint density at radius 2 is 2.28 bits per heavy atom. The fourth-order valence-corrected chi connectivity index (χ4v) is 2.78. The molecule has 3 nitrogen and oxygen atoms in total. The number of carbonyl (C=O) groups excluding carboxylic acids is 1. The number of anilines is 1. The summed E-state index contributed by atoms with van der Waals surface area (Å²) < 4.78 is 0.718. The Labute approximate surface area is 119 Å². The number of nitrogens with one attached hydrogen (secondary N) is 1. The minimum atomic E-state index is -0.856. The van der Waals surface area contributed by atoms with Crippen LogP contribution in [-0.4, -0.2) is 5.91 Å². The van der Waals surface area contributed by atoms with Gasteiger partial charge < -0.3 is 5.32 Å². The van der Waals surface area contributed by atoms with Crippen molar-refractivity contribution >= 4 is 39.1 Å². The molecule has 0 atom stereocenters. The first-order valence-electron chi connectivity index (χ1n) is 5.64. The summed E-state index contributed by atoms with van der Waals surface area (Å²) in [5.74, 6) is 0.213. The highest BCUT2D eigenvalue weighted by molar-refractivity contribution is 9.10. The average Bonchev–Trinajstić information content (AvgIpc) is 2.29. The fourth-order valence-electron chi connectivity index (χ4n) is 2.28. The standard InChI is InChI=1S/C13H12BrClN2O/c1-8-5-13(6-8,7-16)12(18)17-9-2-3-11(15)10(14)4-9/h2-4,8H,5-6H2,1H3,(H,17,18). The number of benzene rings is 1. The Bertz CT molecular complexity index is 532. The van der Waals surface area contributed by atoms with Gasteiger partial charge in [-0.1, -0.05) is 18.5 Å². The molecule has 1 aromatic rings. The lowest BCUT2D eigenvalue weighted by Crippen LogP contribution is -2.45.